The van der Waals surface area contributed by atoms with Crippen LogP contribution in [0.15, 0.2) is 24.7 Å². The monoisotopic (exact) mass is 262 g/mol. The fraction of sp³-hybridized carbons (Fsp3) is 0.333. The van der Waals surface area contributed by atoms with Crippen LogP contribution in [0.1, 0.15) is 12.0 Å². The van der Waals surface area contributed by atoms with E-state index >= 15 is 0 Å². The third-order valence-electron chi connectivity index (χ3n) is 2.43. The van der Waals surface area contributed by atoms with E-state index in [1.807, 2.05) is 0 Å². The first-order valence-corrected chi connectivity index (χ1v) is 5.53. The summed E-state index contributed by atoms with van der Waals surface area (Å²) in [6.07, 6.45) is 2.48. The van der Waals surface area contributed by atoms with Gasteiger partial charge in [-0.2, -0.15) is 0 Å². The second-order valence-corrected chi connectivity index (χ2v) is 3.55. The van der Waals surface area contributed by atoms with Gasteiger partial charge in [-0.15, -0.1) is 0 Å². The lowest BCUT2D eigenvalue weighted by atomic mass is 10.3. The zero-order chi connectivity index (χ0) is 13.7. The number of rotatable bonds is 5. The first-order chi connectivity index (χ1) is 9.28. The van der Waals surface area contributed by atoms with Crippen LogP contribution >= 0.6 is 0 Å². The highest BCUT2D eigenvalue weighted by Crippen LogP contribution is 2.19. The summed E-state index contributed by atoms with van der Waals surface area (Å²) in [4.78, 5) is 16.6. The first-order valence-electron chi connectivity index (χ1n) is 5.53. The average molecular weight is 262 g/mol. The molecule has 2 aromatic heterocycles. The fourth-order valence-electron chi connectivity index (χ4n) is 1.54. The normalized spacial score (nSPS) is 10.7. The number of methoxy groups -OCH3 is 3. The summed E-state index contributed by atoms with van der Waals surface area (Å²) in [6, 6.07) is 3.38. The van der Waals surface area contributed by atoms with E-state index in [2.05, 4.69) is 19.9 Å². The van der Waals surface area contributed by atoms with E-state index in [-0.39, 0.29) is 0 Å². The van der Waals surface area contributed by atoms with Crippen molar-refractivity contribution in [3.05, 3.63) is 30.4 Å². The molecule has 0 bridgehead atoms. The Morgan fingerprint density at radius 2 is 1.84 bits per heavy atom. The fourth-order valence-corrected chi connectivity index (χ4v) is 1.54. The van der Waals surface area contributed by atoms with Crippen LogP contribution in [-0.2, 0) is 9.47 Å². The minimum Gasteiger partial charge on any atom is -0.481 e. The van der Waals surface area contributed by atoms with Crippen LogP contribution < -0.4 is 4.74 Å². The Bertz CT molecular complexity index is 546. The van der Waals surface area contributed by atoms with Crippen molar-refractivity contribution >= 4 is 0 Å². The first kappa shape index (κ1) is 13.3. The highest BCUT2D eigenvalue weighted by molar-refractivity contribution is 5.49. The summed E-state index contributed by atoms with van der Waals surface area (Å²) in [5.41, 5.74) is 1.19. The lowest BCUT2D eigenvalue weighted by Gasteiger charge is -2.12. The number of nitrogens with zero attached hydrogens (tertiary/aromatic N) is 4. The molecule has 0 saturated heterocycles. The Morgan fingerprint density at radius 1 is 1.05 bits per heavy atom. The Hall–Kier alpha value is -2.12. The van der Waals surface area contributed by atoms with Gasteiger partial charge in [-0.25, -0.2) is 19.9 Å². The Balaban J connectivity index is 2.37. The molecule has 0 amide bonds. The predicted molar refractivity (Wildman–Crippen MR) is 66.4 cm³/mol. The smallest absolute Gasteiger partial charge is 0.216 e. The summed E-state index contributed by atoms with van der Waals surface area (Å²) in [6.45, 7) is 0. The molecule has 7 heteroatoms. The van der Waals surface area contributed by atoms with Crippen molar-refractivity contribution in [3.8, 4) is 17.4 Å². The molecule has 100 valence electrons. The molecule has 19 heavy (non-hydrogen) atoms. The van der Waals surface area contributed by atoms with Crippen LogP contribution in [0.4, 0.5) is 0 Å². The van der Waals surface area contributed by atoms with Crippen LogP contribution in [-0.4, -0.2) is 41.3 Å². The summed E-state index contributed by atoms with van der Waals surface area (Å²) in [5, 5.41) is 0. The lowest BCUT2D eigenvalue weighted by molar-refractivity contribution is -0.108. The summed E-state index contributed by atoms with van der Waals surface area (Å²) in [5.74, 6) is 0.909. The van der Waals surface area contributed by atoms with Gasteiger partial charge in [-0.05, 0) is 6.07 Å². The zero-order valence-electron chi connectivity index (χ0n) is 10.9. The van der Waals surface area contributed by atoms with Gasteiger partial charge in [0.25, 0.3) is 0 Å². The largest absolute Gasteiger partial charge is 0.481 e. The molecule has 7 nitrogen and oxygen atoms in total. The maximum Gasteiger partial charge on any atom is 0.216 e. The van der Waals surface area contributed by atoms with Gasteiger partial charge in [0, 0.05) is 26.5 Å². The minimum absolute atomic E-state index is 0.453. The predicted octanol–water partition coefficient (Wildman–Crippen LogP) is 1.23. The van der Waals surface area contributed by atoms with Crippen molar-refractivity contribution in [2.75, 3.05) is 21.3 Å². The second kappa shape index (κ2) is 6.17. The van der Waals surface area contributed by atoms with E-state index in [0.717, 1.165) is 0 Å². The summed E-state index contributed by atoms with van der Waals surface area (Å²) in [7, 11) is 4.63. The van der Waals surface area contributed by atoms with Gasteiger partial charge in [0.1, 0.15) is 17.7 Å². The Morgan fingerprint density at radius 3 is 2.53 bits per heavy atom. The van der Waals surface area contributed by atoms with Crippen molar-refractivity contribution in [2.24, 2.45) is 0 Å². The second-order valence-electron chi connectivity index (χ2n) is 3.55. The minimum atomic E-state index is -0.537. The molecule has 0 spiro atoms. The van der Waals surface area contributed by atoms with Gasteiger partial charge in [-0.3, -0.25) is 0 Å². The molecular formula is C12H14N4O3. The van der Waals surface area contributed by atoms with Crippen LogP contribution in [0.5, 0.6) is 5.88 Å². The summed E-state index contributed by atoms with van der Waals surface area (Å²) < 4.78 is 15.3. The van der Waals surface area contributed by atoms with E-state index in [1.165, 1.54) is 13.4 Å². The topological polar surface area (TPSA) is 79.2 Å². The van der Waals surface area contributed by atoms with E-state index < -0.39 is 6.29 Å². The molecule has 0 atom stereocenters. The third kappa shape index (κ3) is 3.01. The molecule has 0 aromatic carbocycles. The van der Waals surface area contributed by atoms with Crippen molar-refractivity contribution in [1.29, 1.82) is 0 Å². The summed E-state index contributed by atoms with van der Waals surface area (Å²) >= 11 is 0. The van der Waals surface area contributed by atoms with Gasteiger partial charge < -0.3 is 14.2 Å². The highest BCUT2D eigenvalue weighted by Gasteiger charge is 2.13. The number of ether oxygens (including phenoxy) is 3. The Kier molecular flexibility index (Phi) is 4.32. The molecule has 0 N–H and O–H groups in total. The third-order valence-corrected chi connectivity index (χ3v) is 2.43. The quantitative estimate of drug-likeness (QED) is 0.750. The van der Waals surface area contributed by atoms with E-state index in [0.29, 0.717) is 23.1 Å². The van der Waals surface area contributed by atoms with Gasteiger partial charge in [0.05, 0.1) is 7.11 Å². The SMILES string of the molecule is COc1cc(-c2nccc(C(OC)OC)n2)ncn1. The molecule has 0 aliphatic heterocycles. The van der Waals surface area contributed by atoms with Gasteiger partial charge >= 0.3 is 0 Å². The molecule has 0 aliphatic carbocycles. The molecule has 0 unspecified atom stereocenters. The Labute approximate surface area is 110 Å². The van der Waals surface area contributed by atoms with E-state index in [9.17, 15) is 0 Å². The molecule has 2 aromatic rings. The van der Waals surface area contributed by atoms with Crippen LogP contribution in [0.3, 0.4) is 0 Å². The molecule has 0 saturated carbocycles. The molecule has 0 aliphatic rings. The van der Waals surface area contributed by atoms with Crippen molar-refractivity contribution in [1.82, 2.24) is 19.9 Å². The molecule has 0 radical (unpaired) electrons. The van der Waals surface area contributed by atoms with Gasteiger partial charge in [-0.1, -0.05) is 0 Å². The van der Waals surface area contributed by atoms with Gasteiger partial charge in [0.15, 0.2) is 5.82 Å². The van der Waals surface area contributed by atoms with E-state index in [4.69, 9.17) is 14.2 Å². The number of aromatic nitrogens is 4. The number of hydrogen-bond acceptors (Lipinski definition) is 7. The van der Waals surface area contributed by atoms with Crippen LogP contribution in [0.25, 0.3) is 11.5 Å². The standard InChI is InChI=1S/C12H14N4O3/c1-17-10-6-9(14-7-15-10)11-13-5-4-8(16-11)12(18-2)19-3/h4-7,12H,1-3H3. The highest BCUT2D eigenvalue weighted by atomic mass is 16.7. The zero-order valence-corrected chi connectivity index (χ0v) is 10.9. The maximum atomic E-state index is 5.15. The average Bonchev–Trinajstić information content (AvgIpc) is 2.49. The van der Waals surface area contributed by atoms with Crippen LogP contribution in [0.2, 0.25) is 0 Å². The van der Waals surface area contributed by atoms with Crippen LogP contribution in [0, 0.1) is 0 Å². The van der Waals surface area contributed by atoms with Crippen molar-refractivity contribution < 1.29 is 14.2 Å². The van der Waals surface area contributed by atoms with Gasteiger partial charge in [0.2, 0.25) is 12.2 Å². The van der Waals surface area contributed by atoms with E-state index in [1.54, 1.807) is 32.5 Å². The molecule has 0 fully saturated rings. The van der Waals surface area contributed by atoms with Crippen molar-refractivity contribution in [2.45, 2.75) is 6.29 Å². The van der Waals surface area contributed by atoms with Crippen molar-refractivity contribution in [3.63, 3.8) is 0 Å². The number of hydrogen-bond donors (Lipinski definition) is 0. The lowest BCUT2D eigenvalue weighted by Crippen LogP contribution is -2.07. The maximum absolute atomic E-state index is 5.15. The molecule has 2 rings (SSSR count). The molecular weight excluding hydrogens is 248 g/mol. The molecule has 2 heterocycles.